The summed E-state index contributed by atoms with van der Waals surface area (Å²) in [5.74, 6) is 1.91. The molecule has 0 saturated carbocycles. The maximum atomic E-state index is 5.62. The van der Waals surface area contributed by atoms with Crippen LogP contribution >= 0.6 is 12.6 Å². The van der Waals surface area contributed by atoms with Gasteiger partial charge in [-0.2, -0.15) is 12.6 Å². The Kier molecular flexibility index (Phi) is 3.35. The molecule has 1 aromatic carbocycles. The highest BCUT2D eigenvalue weighted by molar-refractivity contribution is 7.80. The molecule has 14 heavy (non-hydrogen) atoms. The van der Waals surface area contributed by atoms with Gasteiger partial charge in [0.1, 0.15) is 5.75 Å². The number of hydrogen-bond acceptors (Lipinski definition) is 2. The fraction of sp³-hybridized carbons (Fsp3) is 0.500. The Balaban J connectivity index is 1.98. The maximum Gasteiger partial charge on any atom is 0.119 e. The SMILES string of the molecule is SCCCOc1ccc2c(c1)CCC2. The molecule has 2 heteroatoms. The van der Waals surface area contributed by atoms with Gasteiger partial charge in [0.2, 0.25) is 0 Å². The summed E-state index contributed by atoms with van der Waals surface area (Å²) in [5.41, 5.74) is 2.99. The number of benzene rings is 1. The highest BCUT2D eigenvalue weighted by atomic mass is 32.1. The largest absolute Gasteiger partial charge is 0.494 e. The van der Waals surface area contributed by atoms with Crippen molar-refractivity contribution in [1.29, 1.82) is 0 Å². The topological polar surface area (TPSA) is 9.23 Å². The van der Waals surface area contributed by atoms with E-state index >= 15 is 0 Å². The van der Waals surface area contributed by atoms with Gasteiger partial charge in [0.05, 0.1) is 6.61 Å². The van der Waals surface area contributed by atoms with E-state index in [9.17, 15) is 0 Å². The Hall–Kier alpha value is -0.630. The van der Waals surface area contributed by atoms with Crippen LogP contribution in [0.2, 0.25) is 0 Å². The zero-order valence-corrected chi connectivity index (χ0v) is 9.22. The van der Waals surface area contributed by atoms with E-state index in [2.05, 4.69) is 30.8 Å². The van der Waals surface area contributed by atoms with E-state index in [1.165, 1.54) is 30.4 Å². The molecule has 0 unspecified atom stereocenters. The third-order valence-electron chi connectivity index (χ3n) is 2.64. The first-order valence-electron chi connectivity index (χ1n) is 5.25. The second-order valence-electron chi connectivity index (χ2n) is 3.71. The molecule has 0 bridgehead atoms. The van der Waals surface area contributed by atoms with Crippen molar-refractivity contribution in [2.24, 2.45) is 0 Å². The van der Waals surface area contributed by atoms with Gasteiger partial charge < -0.3 is 4.74 Å². The van der Waals surface area contributed by atoms with Gasteiger partial charge in [-0.25, -0.2) is 0 Å². The summed E-state index contributed by atoms with van der Waals surface area (Å²) in [4.78, 5) is 0. The average molecular weight is 208 g/mol. The molecular weight excluding hydrogens is 192 g/mol. The molecule has 0 aliphatic heterocycles. The van der Waals surface area contributed by atoms with Crippen molar-refractivity contribution < 1.29 is 4.74 Å². The predicted octanol–water partition coefficient (Wildman–Crippen LogP) is 2.87. The molecule has 0 saturated heterocycles. The molecule has 0 radical (unpaired) electrons. The van der Waals surface area contributed by atoms with Crippen LogP contribution in [-0.4, -0.2) is 12.4 Å². The quantitative estimate of drug-likeness (QED) is 0.591. The van der Waals surface area contributed by atoms with Crippen LogP contribution in [0, 0.1) is 0 Å². The summed E-state index contributed by atoms with van der Waals surface area (Å²) in [6, 6.07) is 6.49. The molecule has 0 fully saturated rings. The summed E-state index contributed by atoms with van der Waals surface area (Å²) in [7, 11) is 0. The van der Waals surface area contributed by atoms with Gasteiger partial charge in [0.15, 0.2) is 0 Å². The van der Waals surface area contributed by atoms with Crippen LogP contribution in [0.5, 0.6) is 5.75 Å². The lowest BCUT2D eigenvalue weighted by Gasteiger charge is -2.06. The fourth-order valence-corrected chi connectivity index (χ4v) is 2.02. The molecule has 0 atom stereocenters. The van der Waals surface area contributed by atoms with Crippen molar-refractivity contribution in [3.05, 3.63) is 29.3 Å². The molecule has 2 rings (SSSR count). The Labute approximate surface area is 90.9 Å². The summed E-state index contributed by atoms with van der Waals surface area (Å²) in [5, 5.41) is 0. The lowest BCUT2D eigenvalue weighted by Crippen LogP contribution is -1.98. The van der Waals surface area contributed by atoms with Crippen molar-refractivity contribution in [3.8, 4) is 5.75 Å². The molecule has 1 aromatic rings. The van der Waals surface area contributed by atoms with E-state index in [0.717, 1.165) is 24.5 Å². The van der Waals surface area contributed by atoms with Gasteiger partial charge in [-0.15, -0.1) is 0 Å². The smallest absolute Gasteiger partial charge is 0.119 e. The van der Waals surface area contributed by atoms with Crippen LogP contribution in [0.4, 0.5) is 0 Å². The molecule has 1 aliphatic rings. The van der Waals surface area contributed by atoms with Crippen LogP contribution in [0.25, 0.3) is 0 Å². The van der Waals surface area contributed by atoms with E-state index in [1.807, 2.05) is 0 Å². The van der Waals surface area contributed by atoms with Gasteiger partial charge in [-0.1, -0.05) is 6.07 Å². The molecule has 1 nitrogen and oxygen atoms in total. The zero-order valence-electron chi connectivity index (χ0n) is 8.33. The predicted molar refractivity (Wildman–Crippen MR) is 62.4 cm³/mol. The first kappa shape index (κ1) is 9.91. The number of rotatable bonds is 4. The summed E-state index contributed by atoms with van der Waals surface area (Å²) >= 11 is 4.15. The van der Waals surface area contributed by atoms with E-state index in [1.54, 1.807) is 0 Å². The number of thiol groups is 1. The molecule has 1 aliphatic carbocycles. The van der Waals surface area contributed by atoms with Crippen LogP contribution < -0.4 is 4.74 Å². The minimum Gasteiger partial charge on any atom is -0.494 e. The van der Waals surface area contributed by atoms with Crippen molar-refractivity contribution in [2.75, 3.05) is 12.4 Å². The van der Waals surface area contributed by atoms with E-state index < -0.39 is 0 Å². The number of fused-ring (bicyclic) bond motifs is 1. The molecular formula is C12H16OS. The number of hydrogen-bond donors (Lipinski definition) is 1. The fourth-order valence-electron chi connectivity index (χ4n) is 1.89. The van der Waals surface area contributed by atoms with Gasteiger partial charge in [-0.3, -0.25) is 0 Å². The molecule has 0 N–H and O–H groups in total. The highest BCUT2D eigenvalue weighted by Crippen LogP contribution is 2.25. The van der Waals surface area contributed by atoms with Crippen molar-refractivity contribution in [1.82, 2.24) is 0 Å². The Morgan fingerprint density at radius 1 is 1.21 bits per heavy atom. The molecule has 0 spiro atoms. The Morgan fingerprint density at radius 3 is 2.93 bits per heavy atom. The third-order valence-corrected chi connectivity index (χ3v) is 2.96. The van der Waals surface area contributed by atoms with Gasteiger partial charge in [0, 0.05) is 0 Å². The van der Waals surface area contributed by atoms with Gasteiger partial charge in [0.25, 0.3) is 0 Å². The summed E-state index contributed by atoms with van der Waals surface area (Å²) < 4.78 is 5.62. The zero-order chi connectivity index (χ0) is 9.80. The molecule has 0 heterocycles. The van der Waals surface area contributed by atoms with Gasteiger partial charge >= 0.3 is 0 Å². The average Bonchev–Trinajstić information content (AvgIpc) is 2.65. The Bertz CT molecular complexity index is 309. The minimum absolute atomic E-state index is 0.780. The second kappa shape index (κ2) is 4.74. The monoisotopic (exact) mass is 208 g/mol. The van der Waals surface area contributed by atoms with E-state index in [-0.39, 0.29) is 0 Å². The lowest BCUT2D eigenvalue weighted by molar-refractivity contribution is 0.318. The summed E-state index contributed by atoms with van der Waals surface area (Å²) in [6.45, 7) is 0.780. The minimum atomic E-state index is 0.780. The maximum absolute atomic E-state index is 5.62. The molecule has 0 aromatic heterocycles. The van der Waals surface area contributed by atoms with Crippen molar-refractivity contribution in [2.45, 2.75) is 25.7 Å². The third kappa shape index (κ3) is 2.24. The normalized spacial score (nSPS) is 14.1. The molecule has 0 amide bonds. The standard InChI is InChI=1S/C12H16OS/c14-8-2-7-13-12-6-5-10-3-1-4-11(10)9-12/h5-6,9,14H,1-4,7-8H2. The van der Waals surface area contributed by atoms with Crippen molar-refractivity contribution >= 4 is 12.6 Å². The lowest BCUT2D eigenvalue weighted by atomic mass is 10.1. The highest BCUT2D eigenvalue weighted by Gasteiger charge is 2.10. The van der Waals surface area contributed by atoms with Crippen LogP contribution in [0.1, 0.15) is 24.0 Å². The Morgan fingerprint density at radius 2 is 2.07 bits per heavy atom. The number of aryl methyl sites for hydroxylation is 2. The molecule has 76 valence electrons. The van der Waals surface area contributed by atoms with Crippen LogP contribution in [-0.2, 0) is 12.8 Å². The van der Waals surface area contributed by atoms with Crippen LogP contribution in [0.3, 0.4) is 0 Å². The van der Waals surface area contributed by atoms with E-state index in [4.69, 9.17) is 4.74 Å². The number of ether oxygens (including phenoxy) is 1. The van der Waals surface area contributed by atoms with E-state index in [0.29, 0.717) is 0 Å². The van der Waals surface area contributed by atoms with Crippen molar-refractivity contribution in [3.63, 3.8) is 0 Å². The second-order valence-corrected chi connectivity index (χ2v) is 4.16. The van der Waals surface area contributed by atoms with Gasteiger partial charge in [-0.05, 0) is 54.7 Å². The van der Waals surface area contributed by atoms with Crippen LogP contribution in [0.15, 0.2) is 18.2 Å². The first-order chi connectivity index (χ1) is 6.90. The first-order valence-corrected chi connectivity index (χ1v) is 5.89. The summed E-state index contributed by atoms with van der Waals surface area (Å²) in [6.07, 6.45) is 4.78.